The Morgan fingerprint density at radius 1 is 1.00 bits per heavy atom. The Labute approximate surface area is 151 Å². The zero-order valence-electron chi connectivity index (χ0n) is 15.9. The van der Waals surface area contributed by atoms with Crippen molar-refractivity contribution in [3.63, 3.8) is 0 Å². The number of rotatable bonds is 5. The van der Waals surface area contributed by atoms with Gasteiger partial charge in [-0.2, -0.15) is 0 Å². The van der Waals surface area contributed by atoms with Crippen LogP contribution in [-0.2, 0) is 11.8 Å². The zero-order chi connectivity index (χ0) is 18.0. The molecule has 3 aromatic rings. The Hall–Kier alpha value is -2.06. The van der Waals surface area contributed by atoms with E-state index in [1.807, 2.05) is 0 Å². The first-order chi connectivity index (χ1) is 11.9. The van der Waals surface area contributed by atoms with Gasteiger partial charge >= 0.3 is 0 Å². The fourth-order valence-corrected chi connectivity index (χ4v) is 3.47. The third-order valence-electron chi connectivity index (χ3n) is 4.96. The summed E-state index contributed by atoms with van der Waals surface area (Å²) in [5, 5.41) is 1.36. The van der Waals surface area contributed by atoms with Gasteiger partial charge in [-0.3, -0.25) is 0 Å². The molecule has 2 nitrogen and oxygen atoms in total. The van der Waals surface area contributed by atoms with E-state index in [9.17, 15) is 0 Å². The second-order valence-corrected chi connectivity index (χ2v) is 8.10. The average Bonchev–Trinajstić information content (AvgIpc) is 2.92. The van der Waals surface area contributed by atoms with Crippen LogP contribution in [0.1, 0.15) is 50.3 Å². The molecule has 1 heterocycles. The molecule has 1 aromatic heterocycles. The van der Waals surface area contributed by atoms with Crippen LogP contribution >= 0.6 is 0 Å². The molecule has 0 fully saturated rings. The second kappa shape index (κ2) is 7.05. The van der Waals surface area contributed by atoms with Crippen LogP contribution in [0.2, 0.25) is 0 Å². The number of benzene rings is 2. The highest BCUT2D eigenvalue weighted by molar-refractivity contribution is 5.91. The fraction of sp³-hybridized carbons (Fsp3) is 0.391. The lowest BCUT2D eigenvalue weighted by Gasteiger charge is -2.19. The van der Waals surface area contributed by atoms with Gasteiger partial charge in [0.1, 0.15) is 0 Å². The Bertz CT molecular complexity index is 865. The van der Waals surface area contributed by atoms with Crippen LogP contribution in [0, 0.1) is 6.92 Å². The Kier molecular flexibility index (Phi) is 5.01. The van der Waals surface area contributed by atoms with Gasteiger partial charge in [0, 0.05) is 16.6 Å². The molecule has 0 radical (unpaired) electrons. The predicted molar refractivity (Wildman–Crippen MR) is 109 cm³/mol. The Morgan fingerprint density at radius 3 is 2.48 bits per heavy atom. The molecule has 0 atom stereocenters. The van der Waals surface area contributed by atoms with Crippen LogP contribution < -0.4 is 5.73 Å². The van der Waals surface area contributed by atoms with Gasteiger partial charge in [-0.1, -0.05) is 50.6 Å². The molecule has 132 valence electrons. The summed E-state index contributed by atoms with van der Waals surface area (Å²) in [6.07, 6.45) is 3.26. The van der Waals surface area contributed by atoms with Crippen molar-refractivity contribution in [1.29, 1.82) is 0 Å². The van der Waals surface area contributed by atoms with Crippen molar-refractivity contribution in [1.82, 2.24) is 4.98 Å². The van der Waals surface area contributed by atoms with Gasteiger partial charge in [0.15, 0.2) is 0 Å². The van der Waals surface area contributed by atoms with Crippen molar-refractivity contribution >= 4 is 10.9 Å². The summed E-state index contributed by atoms with van der Waals surface area (Å²) >= 11 is 0. The van der Waals surface area contributed by atoms with E-state index in [-0.39, 0.29) is 5.41 Å². The summed E-state index contributed by atoms with van der Waals surface area (Å²) in [5.41, 5.74) is 13.8. The van der Waals surface area contributed by atoms with Crippen molar-refractivity contribution in [2.24, 2.45) is 5.73 Å². The molecule has 0 bridgehead atoms. The number of hydrogen-bond acceptors (Lipinski definition) is 1. The molecule has 0 saturated heterocycles. The van der Waals surface area contributed by atoms with Crippen LogP contribution in [0.3, 0.4) is 0 Å². The number of nitrogens with one attached hydrogen (secondary N) is 1. The van der Waals surface area contributed by atoms with Crippen LogP contribution in [0.25, 0.3) is 22.2 Å². The molecular weight excluding hydrogens is 304 g/mol. The topological polar surface area (TPSA) is 41.8 Å². The van der Waals surface area contributed by atoms with Crippen LogP contribution in [0.4, 0.5) is 0 Å². The van der Waals surface area contributed by atoms with Crippen LogP contribution in [0.15, 0.2) is 42.5 Å². The lowest BCUT2D eigenvalue weighted by atomic mass is 9.86. The number of nitrogens with two attached hydrogens (primary N) is 1. The molecular formula is C23H30N2. The number of H-pyrrole nitrogens is 1. The number of aromatic nitrogens is 1. The quantitative estimate of drug-likeness (QED) is 0.575. The lowest BCUT2D eigenvalue weighted by molar-refractivity contribution is 0.591. The van der Waals surface area contributed by atoms with Crippen LogP contribution in [-0.4, -0.2) is 11.5 Å². The van der Waals surface area contributed by atoms with Gasteiger partial charge in [-0.05, 0) is 73.0 Å². The molecule has 2 heteroatoms. The van der Waals surface area contributed by atoms with Gasteiger partial charge in [0.05, 0.1) is 0 Å². The van der Waals surface area contributed by atoms with Gasteiger partial charge in [-0.25, -0.2) is 0 Å². The third kappa shape index (κ3) is 3.80. The van der Waals surface area contributed by atoms with Crippen molar-refractivity contribution in [2.45, 2.75) is 52.4 Å². The van der Waals surface area contributed by atoms with Crippen molar-refractivity contribution in [2.75, 3.05) is 6.54 Å². The second-order valence-electron chi connectivity index (χ2n) is 8.10. The van der Waals surface area contributed by atoms with Crippen molar-refractivity contribution in [3.8, 4) is 11.3 Å². The summed E-state index contributed by atoms with van der Waals surface area (Å²) in [6, 6.07) is 15.6. The maximum atomic E-state index is 5.72. The van der Waals surface area contributed by atoms with E-state index in [0.717, 1.165) is 25.8 Å². The fourth-order valence-electron chi connectivity index (χ4n) is 3.47. The number of aromatic amines is 1. The summed E-state index contributed by atoms with van der Waals surface area (Å²) in [6.45, 7) is 9.73. The first kappa shape index (κ1) is 17.8. The van der Waals surface area contributed by atoms with E-state index in [1.54, 1.807) is 0 Å². The van der Waals surface area contributed by atoms with E-state index in [0.29, 0.717) is 0 Å². The van der Waals surface area contributed by atoms with Crippen LogP contribution in [0.5, 0.6) is 0 Å². The van der Waals surface area contributed by atoms with E-state index < -0.39 is 0 Å². The standard InChI is InChI=1S/C23H30N2/c1-16-8-7-9-17(14-16)22-19(10-5-6-13-24)20-15-18(23(2,3)4)11-12-21(20)25-22/h7-9,11-12,14-15,25H,5-6,10,13,24H2,1-4H3. The monoisotopic (exact) mass is 334 g/mol. The number of hydrogen-bond donors (Lipinski definition) is 2. The van der Waals surface area contributed by atoms with Crippen molar-refractivity contribution < 1.29 is 0 Å². The van der Waals surface area contributed by atoms with E-state index in [4.69, 9.17) is 5.73 Å². The zero-order valence-corrected chi connectivity index (χ0v) is 15.9. The minimum absolute atomic E-state index is 0.156. The first-order valence-corrected chi connectivity index (χ1v) is 9.32. The van der Waals surface area contributed by atoms with Gasteiger partial charge in [0.2, 0.25) is 0 Å². The normalized spacial score (nSPS) is 12.0. The van der Waals surface area contributed by atoms with Gasteiger partial charge in [-0.15, -0.1) is 0 Å². The predicted octanol–water partition coefficient (Wildman–Crippen LogP) is 5.72. The summed E-state index contributed by atoms with van der Waals surface area (Å²) in [4.78, 5) is 3.68. The molecule has 0 spiro atoms. The molecule has 0 amide bonds. The minimum Gasteiger partial charge on any atom is -0.354 e. The molecule has 3 N–H and O–H groups in total. The SMILES string of the molecule is Cc1cccc(-c2[nH]c3ccc(C(C)(C)C)cc3c2CCCCN)c1. The summed E-state index contributed by atoms with van der Waals surface area (Å²) in [5.74, 6) is 0. The number of aryl methyl sites for hydroxylation is 2. The molecule has 0 aliphatic carbocycles. The van der Waals surface area contributed by atoms with E-state index >= 15 is 0 Å². The molecule has 3 rings (SSSR count). The molecule has 2 aromatic carbocycles. The average molecular weight is 335 g/mol. The largest absolute Gasteiger partial charge is 0.354 e. The molecule has 0 aliphatic heterocycles. The highest BCUT2D eigenvalue weighted by atomic mass is 14.7. The number of unbranched alkanes of at least 4 members (excludes halogenated alkanes) is 1. The van der Waals surface area contributed by atoms with Crippen molar-refractivity contribution in [3.05, 3.63) is 59.2 Å². The highest BCUT2D eigenvalue weighted by Crippen LogP contribution is 2.34. The number of fused-ring (bicyclic) bond motifs is 1. The molecule has 0 unspecified atom stereocenters. The smallest absolute Gasteiger partial charge is 0.0497 e. The maximum Gasteiger partial charge on any atom is 0.0497 e. The maximum absolute atomic E-state index is 5.72. The Morgan fingerprint density at radius 2 is 1.80 bits per heavy atom. The third-order valence-corrected chi connectivity index (χ3v) is 4.96. The van der Waals surface area contributed by atoms with Gasteiger partial charge < -0.3 is 10.7 Å². The summed E-state index contributed by atoms with van der Waals surface area (Å²) in [7, 11) is 0. The molecule has 25 heavy (non-hydrogen) atoms. The first-order valence-electron chi connectivity index (χ1n) is 9.32. The lowest BCUT2D eigenvalue weighted by Crippen LogP contribution is -2.10. The van der Waals surface area contributed by atoms with E-state index in [2.05, 4.69) is 75.1 Å². The minimum atomic E-state index is 0.156. The van der Waals surface area contributed by atoms with Gasteiger partial charge in [0.25, 0.3) is 0 Å². The summed E-state index contributed by atoms with van der Waals surface area (Å²) < 4.78 is 0. The Balaban J connectivity index is 2.16. The molecule has 0 saturated carbocycles. The molecule has 0 aliphatic rings. The van der Waals surface area contributed by atoms with E-state index in [1.165, 1.54) is 38.9 Å². The highest BCUT2D eigenvalue weighted by Gasteiger charge is 2.18.